The Hall–Kier alpha value is -1.42. The zero-order valence-electron chi connectivity index (χ0n) is 13.1. The largest absolute Gasteiger partial charge is 0.395 e. The molecule has 1 atom stereocenters. The Kier molecular flexibility index (Phi) is 4.95. The Labute approximate surface area is 144 Å². The lowest BCUT2D eigenvalue weighted by atomic mass is 10.3. The summed E-state index contributed by atoms with van der Waals surface area (Å²) >= 11 is 1.63. The second-order valence-corrected chi connectivity index (χ2v) is 8.52. The topological polar surface area (TPSA) is 75.4 Å². The number of benzene rings is 1. The molecule has 1 aromatic heterocycles. The smallest absolute Gasteiger partial charge is 0.246 e. The van der Waals surface area contributed by atoms with E-state index in [1.54, 1.807) is 30.8 Å². The third kappa shape index (κ3) is 3.08. The van der Waals surface area contributed by atoms with Crippen molar-refractivity contribution in [2.45, 2.75) is 17.9 Å². The van der Waals surface area contributed by atoms with Crippen molar-refractivity contribution < 1.29 is 17.9 Å². The van der Waals surface area contributed by atoms with Gasteiger partial charge < -0.3 is 5.11 Å². The highest BCUT2D eigenvalue weighted by Crippen LogP contribution is 2.27. The Morgan fingerprint density at radius 1 is 1.38 bits per heavy atom. The minimum absolute atomic E-state index is 0.108. The van der Waals surface area contributed by atoms with Crippen molar-refractivity contribution >= 4 is 21.8 Å². The van der Waals surface area contributed by atoms with Crippen LogP contribution >= 0.6 is 11.8 Å². The number of thioether (sulfide) groups is 1. The van der Waals surface area contributed by atoms with Crippen molar-refractivity contribution in [3.05, 3.63) is 42.0 Å². The van der Waals surface area contributed by atoms with E-state index in [9.17, 15) is 17.9 Å². The fourth-order valence-corrected chi connectivity index (χ4v) is 5.73. The van der Waals surface area contributed by atoms with Crippen LogP contribution in [-0.4, -0.2) is 58.3 Å². The van der Waals surface area contributed by atoms with Crippen LogP contribution in [0.2, 0.25) is 0 Å². The van der Waals surface area contributed by atoms with Crippen LogP contribution in [0.1, 0.15) is 5.69 Å². The Morgan fingerprint density at radius 2 is 2.08 bits per heavy atom. The molecule has 0 radical (unpaired) electrons. The molecule has 2 aromatic rings. The van der Waals surface area contributed by atoms with E-state index in [0.717, 1.165) is 0 Å². The third-order valence-electron chi connectivity index (χ3n) is 4.01. The number of hydrogen-bond donors (Lipinski definition) is 1. The number of sulfonamides is 1. The van der Waals surface area contributed by atoms with Crippen LogP contribution in [0.5, 0.6) is 0 Å². The fraction of sp³-hybridized carbons (Fsp3) is 0.400. The summed E-state index contributed by atoms with van der Waals surface area (Å²) in [5.41, 5.74) is 1.04. The van der Waals surface area contributed by atoms with Gasteiger partial charge in [-0.3, -0.25) is 0 Å². The molecule has 0 spiro atoms. The molecule has 0 saturated carbocycles. The van der Waals surface area contributed by atoms with Crippen molar-refractivity contribution in [3.63, 3.8) is 0 Å². The number of aliphatic hydroxyl groups excluding tert-OH is 1. The van der Waals surface area contributed by atoms with Gasteiger partial charge in [-0.2, -0.15) is 21.2 Å². The molecule has 0 aliphatic carbocycles. The molecule has 1 aliphatic rings. The van der Waals surface area contributed by atoms with E-state index in [4.69, 9.17) is 0 Å². The zero-order chi connectivity index (χ0) is 17.3. The van der Waals surface area contributed by atoms with Gasteiger partial charge in [0, 0.05) is 18.1 Å². The quantitative estimate of drug-likeness (QED) is 0.880. The molecule has 6 nitrogen and oxygen atoms in total. The molecule has 130 valence electrons. The minimum atomic E-state index is -3.75. The summed E-state index contributed by atoms with van der Waals surface area (Å²) in [5, 5.41) is 13.6. The fourth-order valence-electron chi connectivity index (χ4n) is 2.72. The van der Waals surface area contributed by atoms with E-state index in [1.165, 1.54) is 27.3 Å². The lowest BCUT2D eigenvalue weighted by Crippen LogP contribution is -2.47. The number of aliphatic hydroxyl groups is 1. The Balaban J connectivity index is 1.99. The molecule has 2 heterocycles. The van der Waals surface area contributed by atoms with E-state index in [-0.39, 0.29) is 17.3 Å². The molecule has 1 aromatic carbocycles. The van der Waals surface area contributed by atoms with Gasteiger partial charge in [-0.05, 0) is 31.2 Å². The predicted molar refractivity (Wildman–Crippen MR) is 90.3 cm³/mol. The number of aromatic nitrogens is 2. The number of rotatable bonds is 4. The Morgan fingerprint density at radius 3 is 2.75 bits per heavy atom. The molecule has 0 amide bonds. The van der Waals surface area contributed by atoms with Crippen molar-refractivity contribution in [2.75, 3.05) is 24.7 Å². The maximum absolute atomic E-state index is 13.1. The first-order valence-electron chi connectivity index (χ1n) is 7.46. The average Bonchev–Trinajstić information content (AvgIpc) is 2.98. The number of halogens is 1. The van der Waals surface area contributed by atoms with E-state index in [1.807, 2.05) is 0 Å². The summed E-state index contributed by atoms with van der Waals surface area (Å²) in [7, 11) is -3.75. The van der Waals surface area contributed by atoms with Gasteiger partial charge in [-0.1, -0.05) is 0 Å². The molecule has 0 bridgehead atoms. The Bertz CT molecular complexity index is 821. The molecule has 1 fully saturated rings. The zero-order valence-corrected chi connectivity index (χ0v) is 14.7. The minimum Gasteiger partial charge on any atom is -0.395 e. The summed E-state index contributed by atoms with van der Waals surface area (Å²) in [6, 6.07) is 5.25. The second-order valence-electron chi connectivity index (χ2n) is 5.51. The molecular weight excluding hydrogens is 353 g/mol. The van der Waals surface area contributed by atoms with Gasteiger partial charge in [-0.15, -0.1) is 0 Å². The second kappa shape index (κ2) is 6.83. The van der Waals surface area contributed by atoms with Crippen LogP contribution in [0, 0.1) is 12.7 Å². The van der Waals surface area contributed by atoms with Crippen molar-refractivity contribution in [2.24, 2.45) is 0 Å². The molecule has 3 rings (SSSR count). The highest BCUT2D eigenvalue weighted by molar-refractivity contribution is 7.99. The molecular formula is C15H18FN3O3S2. The molecule has 9 heteroatoms. The van der Waals surface area contributed by atoms with Crippen LogP contribution < -0.4 is 0 Å². The maximum Gasteiger partial charge on any atom is 0.246 e. The van der Waals surface area contributed by atoms with E-state index in [2.05, 4.69) is 5.10 Å². The van der Waals surface area contributed by atoms with Gasteiger partial charge in [0.25, 0.3) is 0 Å². The van der Waals surface area contributed by atoms with Crippen LogP contribution in [0.15, 0.2) is 35.4 Å². The monoisotopic (exact) mass is 371 g/mol. The summed E-state index contributed by atoms with van der Waals surface area (Å²) in [6.07, 6.45) is 1.31. The number of hydrogen-bond acceptors (Lipinski definition) is 5. The van der Waals surface area contributed by atoms with Crippen LogP contribution in [0.3, 0.4) is 0 Å². The lowest BCUT2D eigenvalue weighted by Gasteiger charge is -2.32. The molecule has 1 unspecified atom stereocenters. The SMILES string of the molecule is Cc1c(S(=O)(=O)N2CCSCC2CO)cnn1-c1ccc(F)cc1. The van der Waals surface area contributed by atoms with Gasteiger partial charge >= 0.3 is 0 Å². The normalized spacial score (nSPS) is 19.5. The average molecular weight is 371 g/mol. The first-order chi connectivity index (χ1) is 11.4. The van der Waals surface area contributed by atoms with Crippen LogP contribution in [-0.2, 0) is 10.0 Å². The molecule has 1 N–H and O–H groups in total. The van der Waals surface area contributed by atoms with Gasteiger partial charge in [0.15, 0.2) is 0 Å². The summed E-state index contributed by atoms with van der Waals surface area (Å²) in [4.78, 5) is 0.108. The molecule has 1 aliphatic heterocycles. The molecule has 24 heavy (non-hydrogen) atoms. The standard InChI is InChI=1S/C15H18FN3O3S2/c1-11-15(8-17-19(11)13-4-2-12(16)3-5-13)24(21,22)18-6-7-23-10-14(18)9-20/h2-5,8,14,20H,6-7,9-10H2,1H3. The summed E-state index contributed by atoms with van der Waals surface area (Å²) in [5.74, 6) is 0.898. The first kappa shape index (κ1) is 17.4. The van der Waals surface area contributed by atoms with Gasteiger partial charge in [0.05, 0.1) is 30.2 Å². The van der Waals surface area contributed by atoms with E-state index >= 15 is 0 Å². The highest BCUT2D eigenvalue weighted by atomic mass is 32.2. The first-order valence-corrected chi connectivity index (χ1v) is 10.1. The maximum atomic E-state index is 13.1. The van der Waals surface area contributed by atoms with Crippen LogP contribution in [0.25, 0.3) is 5.69 Å². The highest BCUT2D eigenvalue weighted by Gasteiger charge is 2.35. The van der Waals surface area contributed by atoms with Gasteiger partial charge in [0.2, 0.25) is 10.0 Å². The van der Waals surface area contributed by atoms with Crippen LogP contribution in [0.4, 0.5) is 4.39 Å². The van der Waals surface area contributed by atoms with Gasteiger partial charge in [-0.25, -0.2) is 17.5 Å². The lowest BCUT2D eigenvalue weighted by molar-refractivity contribution is 0.202. The summed E-state index contributed by atoms with van der Waals surface area (Å²) in [6.45, 7) is 1.81. The predicted octanol–water partition coefficient (Wildman–Crippen LogP) is 1.42. The number of nitrogens with zero attached hydrogens (tertiary/aromatic N) is 3. The van der Waals surface area contributed by atoms with Gasteiger partial charge in [0.1, 0.15) is 10.7 Å². The summed E-state index contributed by atoms with van der Waals surface area (Å²) < 4.78 is 41.8. The van der Waals surface area contributed by atoms with Crippen molar-refractivity contribution in [1.29, 1.82) is 0 Å². The van der Waals surface area contributed by atoms with E-state index < -0.39 is 16.1 Å². The van der Waals surface area contributed by atoms with Crippen molar-refractivity contribution in [1.82, 2.24) is 14.1 Å². The van der Waals surface area contributed by atoms with E-state index in [0.29, 0.717) is 29.4 Å². The molecule has 1 saturated heterocycles. The third-order valence-corrected chi connectivity index (χ3v) is 7.15. The van der Waals surface area contributed by atoms with Crippen molar-refractivity contribution in [3.8, 4) is 5.69 Å².